The minimum Gasteiger partial charge on any atom is -0.316 e. The maximum atomic E-state index is 13.3. The molecule has 0 spiro atoms. The lowest BCUT2D eigenvalue weighted by atomic mass is 9.96. The molecule has 0 radical (unpaired) electrons. The van der Waals surface area contributed by atoms with Crippen molar-refractivity contribution in [1.82, 2.24) is 15.1 Å². The first-order chi connectivity index (χ1) is 9.16. The first kappa shape index (κ1) is 12.4. The summed E-state index contributed by atoms with van der Waals surface area (Å²) in [7, 11) is 0. The number of benzene rings is 1. The minimum absolute atomic E-state index is 0.228. The van der Waals surface area contributed by atoms with Crippen molar-refractivity contribution in [2.45, 2.75) is 26.2 Å². The first-order valence-electron chi connectivity index (χ1n) is 6.69. The zero-order chi connectivity index (χ0) is 13.4. The third-order valence-electron chi connectivity index (χ3n) is 3.87. The summed E-state index contributed by atoms with van der Waals surface area (Å²) in [5, 5.41) is 7.97. The Kier molecular flexibility index (Phi) is 3.11. The van der Waals surface area contributed by atoms with Crippen LogP contribution in [0.1, 0.15) is 29.3 Å². The molecule has 0 aliphatic carbocycles. The van der Waals surface area contributed by atoms with E-state index in [0.29, 0.717) is 5.92 Å². The number of nitrogens with zero attached hydrogens (tertiary/aromatic N) is 2. The van der Waals surface area contributed by atoms with Crippen LogP contribution in [-0.4, -0.2) is 22.9 Å². The van der Waals surface area contributed by atoms with Gasteiger partial charge in [0.05, 0.1) is 11.4 Å². The number of halogens is 1. The summed E-state index contributed by atoms with van der Waals surface area (Å²) in [4.78, 5) is 0. The zero-order valence-electron chi connectivity index (χ0n) is 11.3. The maximum Gasteiger partial charge on any atom is 0.125 e. The molecule has 100 valence electrons. The second kappa shape index (κ2) is 4.78. The molecule has 3 rings (SSSR count). The van der Waals surface area contributed by atoms with Gasteiger partial charge in [0.1, 0.15) is 5.82 Å². The van der Waals surface area contributed by atoms with Crippen LogP contribution in [0, 0.1) is 19.7 Å². The summed E-state index contributed by atoms with van der Waals surface area (Å²) in [6.07, 6.45) is 1.15. The van der Waals surface area contributed by atoms with Crippen LogP contribution in [0.15, 0.2) is 24.3 Å². The molecule has 0 bridgehead atoms. The molecule has 1 saturated heterocycles. The molecule has 1 aliphatic heterocycles. The third-order valence-corrected chi connectivity index (χ3v) is 3.87. The van der Waals surface area contributed by atoms with Gasteiger partial charge in [-0.3, -0.25) is 0 Å². The van der Waals surface area contributed by atoms with Crippen LogP contribution in [0.5, 0.6) is 0 Å². The highest BCUT2D eigenvalue weighted by molar-refractivity contribution is 5.39. The summed E-state index contributed by atoms with van der Waals surface area (Å²) in [5.41, 5.74) is 4.28. The fraction of sp³-hybridized carbons (Fsp3) is 0.400. The Balaban J connectivity index is 2.06. The summed E-state index contributed by atoms with van der Waals surface area (Å²) in [6, 6.07) is 6.59. The van der Waals surface area contributed by atoms with Gasteiger partial charge < -0.3 is 5.32 Å². The Morgan fingerprint density at radius 3 is 2.89 bits per heavy atom. The summed E-state index contributed by atoms with van der Waals surface area (Å²) in [6.45, 7) is 6.18. The molecule has 1 aliphatic rings. The van der Waals surface area contributed by atoms with E-state index in [-0.39, 0.29) is 5.82 Å². The summed E-state index contributed by atoms with van der Waals surface area (Å²) in [5.74, 6) is 0.302. The monoisotopic (exact) mass is 259 g/mol. The predicted molar refractivity (Wildman–Crippen MR) is 73.2 cm³/mol. The molecule has 1 atom stereocenters. The standard InChI is InChI=1S/C15H18FN3/c1-10-15(12-6-7-17-9-12)11(2)19(18-10)14-5-3-4-13(16)8-14/h3-5,8,12,17H,6-7,9H2,1-2H3. The van der Waals surface area contributed by atoms with E-state index in [1.165, 1.54) is 17.7 Å². The molecule has 0 saturated carbocycles. The minimum atomic E-state index is -0.228. The van der Waals surface area contributed by atoms with Crippen LogP contribution >= 0.6 is 0 Å². The second-order valence-electron chi connectivity index (χ2n) is 5.17. The van der Waals surface area contributed by atoms with Crippen molar-refractivity contribution in [2.75, 3.05) is 13.1 Å². The highest BCUT2D eigenvalue weighted by Crippen LogP contribution is 2.29. The average Bonchev–Trinajstić information content (AvgIpc) is 2.98. The zero-order valence-corrected chi connectivity index (χ0v) is 11.3. The van der Waals surface area contributed by atoms with Gasteiger partial charge >= 0.3 is 0 Å². The Morgan fingerprint density at radius 1 is 1.37 bits per heavy atom. The molecule has 2 heterocycles. The van der Waals surface area contributed by atoms with E-state index in [1.54, 1.807) is 6.07 Å². The molecular formula is C15H18FN3. The van der Waals surface area contributed by atoms with Gasteiger partial charge in [0, 0.05) is 23.7 Å². The third kappa shape index (κ3) is 2.16. The molecule has 3 nitrogen and oxygen atoms in total. The van der Waals surface area contributed by atoms with Gasteiger partial charge in [0.15, 0.2) is 0 Å². The van der Waals surface area contributed by atoms with Crippen molar-refractivity contribution in [3.63, 3.8) is 0 Å². The van der Waals surface area contributed by atoms with Crippen LogP contribution in [0.4, 0.5) is 4.39 Å². The van der Waals surface area contributed by atoms with Gasteiger partial charge in [-0.15, -0.1) is 0 Å². The number of nitrogens with one attached hydrogen (secondary N) is 1. The van der Waals surface area contributed by atoms with E-state index in [0.717, 1.165) is 36.6 Å². The van der Waals surface area contributed by atoms with Crippen molar-refractivity contribution < 1.29 is 4.39 Å². The maximum absolute atomic E-state index is 13.3. The van der Waals surface area contributed by atoms with Crippen LogP contribution in [0.2, 0.25) is 0 Å². The molecule has 1 unspecified atom stereocenters. The molecule has 0 amide bonds. The summed E-state index contributed by atoms with van der Waals surface area (Å²) >= 11 is 0. The number of hydrogen-bond donors (Lipinski definition) is 1. The summed E-state index contributed by atoms with van der Waals surface area (Å²) < 4.78 is 15.2. The van der Waals surface area contributed by atoms with Crippen molar-refractivity contribution in [2.24, 2.45) is 0 Å². The Bertz CT molecular complexity index is 597. The smallest absolute Gasteiger partial charge is 0.125 e. The molecular weight excluding hydrogens is 241 g/mol. The Hall–Kier alpha value is -1.68. The molecule has 4 heteroatoms. The van der Waals surface area contributed by atoms with E-state index in [1.807, 2.05) is 17.7 Å². The van der Waals surface area contributed by atoms with Gasteiger partial charge in [0.2, 0.25) is 0 Å². The largest absolute Gasteiger partial charge is 0.316 e. The molecule has 1 aromatic carbocycles. The van der Waals surface area contributed by atoms with Crippen molar-refractivity contribution in [3.8, 4) is 5.69 Å². The molecule has 1 fully saturated rings. The van der Waals surface area contributed by atoms with Gasteiger partial charge in [-0.25, -0.2) is 9.07 Å². The fourth-order valence-corrected chi connectivity index (χ4v) is 3.01. The lowest BCUT2D eigenvalue weighted by Crippen LogP contribution is -2.09. The van der Waals surface area contributed by atoms with Crippen LogP contribution in [0.3, 0.4) is 0 Å². The quantitative estimate of drug-likeness (QED) is 0.898. The van der Waals surface area contributed by atoms with E-state index >= 15 is 0 Å². The average molecular weight is 259 g/mol. The molecule has 19 heavy (non-hydrogen) atoms. The number of hydrogen-bond acceptors (Lipinski definition) is 2. The first-order valence-corrected chi connectivity index (χ1v) is 6.69. The second-order valence-corrected chi connectivity index (χ2v) is 5.17. The highest BCUT2D eigenvalue weighted by Gasteiger charge is 2.24. The van der Waals surface area contributed by atoms with Gasteiger partial charge in [-0.05, 0) is 45.0 Å². The van der Waals surface area contributed by atoms with Crippen molar-refractivity contribution in [3.05, 3.63) is 47.0 Å². The van der Waals surface area contributed by atoms with E-state index < -0.39 is 0 Å². The van der Waals surface area contributed by atoms with Crippen LogP contribution in [-0.2, 0) is 0 Å². The van der Waals surface area contributed by atoms with E-state index in [4.69, 9.17) is 0 Å². The molecule has 1 N–H and O–H groups in total. The van der Waals surface area contributed by atoms with Crippen molar-refractivity contribution >= 4 is 0 Å². The van der Waals surface area contributed by atoms with Crippen LogP contribution in [0.25, 0.3) is 5.69 Å². The lowest BCUT2D eigenvalue weighted by molar-refractivity contribution is 0.625. The lowest BCUT2D eigenvalue weighted by Gasteiger charge is -2.10. The Morgan fingerprint density at radius 2 is 2.21 bits per heavy atom. The number of aryl methyl sites for hydroxylation is 1. The van der Waals surface area contributed by atoms with E-state index in [9.17, 15) is 4.39 Å². The molecule has 1 aromatic heterocycles. The predicted octanol–water partition coefficient (Wildman–Crippen LogP) is 2.71. The fourth-order valence-electron chi connectivity index (χ4n) is 3.01. The topological polar surface area (TPSA) is 29.9 Å². The highest BCUT2D eigenvalue weighted by atomic mass is 19.1. The SMILES string of the molecule is Cc1nn(-c2cccc(F)c2)c(C)c1C1CCNC1. The number of aromatic nitrogens is 2. The van der Waals surface area contributed by atoms with Gasteiger partial charge in [-0.2, -0.15) is 5.10 Å². The normalized spacial score (nSPS) is 19.0. The van der Waals surface area contributed by atoms with Crippen LogP contribution < -0.4 is 5.32 Å². The molecule has 2 aromatic rings. The number of rotatable bonds is 2. The van der Waals surface area contributed by atoms with E-state index in [2.05, 4.69) is 17.3 Å². The Labute approximate surface area is 112 Å². The van der Waals surface area contributed by atoms with Gasteiger partial charge in [-0.1, -0.05) is 6.07 Å². The van der Waals surface area contributed by atoms with Crippen molar-refractivity contribution in [1.29, 1.82) is 0 Å². The van der Waals surface area contributed by atoms with Gasteiger partial charge in [0.25, 0.3) is 0 Å².